The van der Waals surface area contributed by atoms with Gasteiger partial charge in [-0.25, -0.2) is 4.98 Å². The number of aromatic nitrogens is 2. The van der Waals surface area contributed by atoms with Gasteiger partial charge in [-0.2, -0.15) is 0 Å². The van der Waals surface area contributed by atoms with Gasteiger partial charge in [0.05, 0.1) is 12.8 Å². The van der Waals surface area contributed by atoms with Crippen LogP contribution >= 0.6 is 0 Å². The van der Waals surface area contributed by atoms with E-state index in [-0.39, 0.29) is 0 Å². The van der Waals surface area contributed by atoms with Crippen LogP contribution in [0.3, 0.4) is 0 Å². The van der Waals surface area contributed by atoms with E-state index in [9.17, 15) is 0 Å². The smallest absolute Gasteiger partial charge is 0.204 e. The highest BCUT2D eigenvalue weighted by molar-refractivity contribution is 5.62. The second-order valence-electron chi connectivity index (χ2n) is 4.51. The van der Waals surface area contributed by atoms with E-state index in [4.69, 9.17) is 10.1 Å². The fourth-order valence-corrected chi connectivity index (χ4v) is 2.26. The minimum absolute atomic E-state index is 0.481. The Hall–Kier alpha value is -2.30. The van der Waals surface area contributed by atoms with E-state index in [1.54, 1.807) is 13.2 Å². The fraction of sp³-hybridized carbons (Fsp3) is 0.286. The number of hydrogen-bond donors (Lipinski definition) is 2. The van der Waals surface area contributed by atoms with Crippen molar-refractivity contribution < 1.29 is 4.74 Å². The van der Waals surface area contributed by atoms with Crippen molar-refractivity contribution in [1.82, 2.24) is 9.55 Å². The molecule has 1 aliphatic rings. The molecule has 1 aromatic carbocycles. The lowest BCUT2D eigenvalue weighted by atomic mass is 10.1. The Labute approximate surface area is 111 Å². The van der Waals surface area contributed by atoms with E-state index >= 15 is 0 Å². The summed E-state index contributed by atoms with van der Waals surface area (Å²) in [6, 6.07) is 9.53. The van der Waals surface area contributed by atoms with E-state index in [1.807, 2.05) is 28.8 Å². The van der Waals surface area contributed by atoms with Gasteiger partial charge in [0.1, 0.15) is 11.2 Å². The molecular formula is C14H16N4O. The van der Waals surface area contributed by atoms with E-state index in [2.05, 4.69) is 10.3 Å². The van der Waals surface area contributed by atoms with Gasteiger partial charge in [-0.1, -0.05) is 12.1 Å². The van der Waals surface area contributed by atoms with Gasteiger partial charge in [0.15, 0.2) is 0 Å². The predicted octanol–water partition coefficient (Wildman–Crippen LogP) is 1.85. The standard InChI is InChI=1S/C14H16N4O/c1-19-11-5-2-4-10(8-11)12-9-13(15)18-7-3-6-16-14(18)17-12/h2,4-5,8-9,15H,3,6-7H2,1H3,(H,16,17). The first-order chi connectivity index (χ1) is 9.28. The normalized spacial score (nSPS) is 13.5. The van der Waals surface area contributed by atoms with Crippen molar-refractivity contribution in [3.05, 3.63) is 35.8 Å². The lowest BCUT2D eigenvalue weighted by Crippen LogP contribution is -2.30. The first kappa shape index (κ1) is 11.8. The number of nitrogens with one attached hydrogen (secondary N) is 2. The van der Waals surface area contributed by atoms with Crippen LogP contribution in [0, 0.1) is 5.41 Å². The third-order valence-electron chi connectivity index (χ3n) is 3.25. The van der Waals surface area contributed by atoms with Crippen LogP contribution in [-0.4, -0.2) is 23.2 Å². The van der Waals surface area contributed by atoms with Crippen LogP contribution < -0.4 is 15.5 Å². The zero-order chi connectivity index (χ0) is 13.2. The van der Waals surface area contributed by atoms with E-state index < -0.39 is 0 Å². The van der Waals surface area contributed by atoms with Gasteiger partial charge in [-0.3, -0.25) is 9.98 Å². The van der Waals surface area contributed by atoms with Crippen LogP contribution in [0.25, 0.3) is 11.3 Å². The molecule has 0 aliphatic carbocycles. The summed E-state index contributed by atoms with van der Waals surface area (Å²) in [4.78, 5) is 4.60. The molecular weight excluding hydrogens is 240 g/mol. The van der Waals surface area contributed by atoms with Gasteiger partial charge >= 0.3 is 0 Å². The van der Waals surface area contributed by atoms with Crippen molar-refractivity contribution in [2.75, 3.05) is 19.0 Å². The first-order valence-corrected chi connectivity index (χ1v) is 6.33. The molecule has 0 radical (unpaired) electrons. The number of rotatable bonds is 2. The molecule has 0 amide bonds. The molecule has 0 spiro atoms. The molecule has 1 aliphatic heterocycles. The van der Waals surface area contributed by atoms with E-state index in [0.29, 0.717) is 5.49 Å². The molecule has 2 N–H and O–H groups in total. The van der Waals surface area contributed by atoms with Crippen molar-refractivity contribution in [3.8, 4) is 17.0 Å². The second-order valence-corrected chi connectivity index (χ2v) is 4.51. The molecule has 98 valence electrons. The van der Waals surface area contributed by atoms with Crippen molar-refractivity contribution >= 4 is 5.95 Å². The summed E-state index contributed by atoms with van der Waals surface area (Å²) in [5.41, 5.74) is 2.24. The van der Waals surface area contributed by atoms with Crippen LogP contribution in [0.15, 0.2) is 30.3 Å². The molecule has 0 fully saturated rings. The average Bonchev–Trinajstić information content (AvgIpc) is 2.47. The van der Waals surface area contributed by atoms with Gasteiger partial charge in [0, 0.05) is 24.7 Å². The summed E-state index contributed by atoms with van der Waals surface area (Å²) in [6.07, 6.45) is 1.03. The topological polar surface area (TPSA) is 62.9 Å². The van der Waals surface area contributed by atoms with Crippen LogP contribution in [0.4, 0.5) is 5.95 Å². The van der Waals surface area contributed by atoms with Crippen molar-refractivity contribution in [2.24, 2.45) is 0 Å². The monoisotopic (exact) mass is 256 g/mol. The lowest BCUT2D eigenvalue weighted by Gasteiger charge is -2.20. The summed E-state index contributed by atoms with van der Waals surface area (Å²) in [7, 11) is 1.65. The maximum atomic E-state index is 8.09. The predicted molar refractivity (Wildman–Crippen MR) is 73.2 cm³/mol. The molecule has 0 saturated heterocycles. The van der Waals surface area contributed by atoms with E-state index in [0.717, 1.165) is 42.5 Å². The van der Waals surface area contributed by atoms with Crippen LogP contribution in [0.2, 0.25) is 0 Å². The van der Waals surface area contributed by atoms with Gasteiger partial charge in [-0.05, 0) is 18.6 Å². The Morgan fingerprint density at radius 2 is 2.26 bits per heavy atom. The van der Waals surface area contributed by atoms with Crippen molar-refractivity contribution in [3.63, 3.8) is 0 Å². The Morgan fingerprint density at radius 1 is 1.37 bits per heavy atom. The van der Waals surface area contributed by atoms with Gasteiger partial charge in [-0.15, -0.1) is 0 Å². The number of methoxy groups -OCH3 is 1. The fourth-order valence-electron chi connectivity index (χ4n) is 2.26. The molecule has 5 nitrogen and oxygen atoms in total. The van der Waals surface area contributed by atoms with Gasteiger partial charge < -0.3 is 10.1 Å². The minimum atomic E-state index is 0.481. The molecule has 2 heterocycles. The Balaban J connectivity index is 2.10. The second kappa shape index (κ2) is 4.76. The lowest BCUT2D eigenvalue weighted by molar-refractivity contribution is 0.415. The molecule has 1 aromatic heterocycles. The van der Waals surface area contributed by atoms with Crippen LogP contribution in [0.1, 0.15) is 6.42 Å². The summed E-state index contributed by atoms with van der Waals surface area (Å²) in [5, 5.41) is 11.3. The summed E-state index contributed by atoms with van der Waals surface area (Å²) >= 11 is 0. The Bertz CT molecular complexity index is 663. The third kappa shape index (κ3) is 2.19. The zero-order valence-corrected chi connectivity index (χ0v) is 10.8. The highest BCUT2D eigenvalue weighted by Gasteiger charge is 2.11. The van der Waals surface area contributed by atoms with Crippen LogP contribution in [0.5, 0.6) is 5.75 Å². The summed E-state index contributed by atoms with van der Waals surface area (Å²) in [5.74, 6) is 1.57. The number of fused-ring (bicyclic) bond motifs is 1. The Kier molecular flexibility index (Phi) is 2.95. The van der Waals surface area contributed by atoms with Crippen molar-refractivity contribution in [1.29, 1.82) is 5.41 Å². The largest absolute Gasteiger partial charge is 0.497 e. The Morgan fingerprint density at radius 3 is 3.11 bits per heavy atom. The number of hydrogen-bond acceptors (Lipinski definition) is 4. The maximum Gasteiger partial charge on any atom is 0.204 e. The summed E-state index contributed by atoms with van der Waals surface area (Å²) < 4.78 is 7.12. The number of anilines is 1. The maximum absolute atomic E-state index is 8.09. The number of nitrogens with zero attached hydrogens (tertiary/aromatic N) is 2. The van der Waals surface area contributed by atoms with Gasteiger partial charge in [0.25, 0.3) is 0 Å². The summed E-state index contributed by atoms with van der Waals surface area (Å²) in [6.45, 7) is 1.76. The quantitative estimate of drug-likeness (QED) is 0.862. The van der Waals surface area contributed by atoms with E-state index in [1.165, 1.54) is 0 Å². The minimum Gasteiger partial charge on any atom is -0.497 e. The molecule has 0 saturated carbocycles. The molecule has 5 heteroatoms. The third-order valence-corrected chi connectivity index (χ3v) is 3.25. The number of ether oxygens (including phenoxy) is 1. The van der Waals surface area contributed by atoms with Gasteiger partial charge in [0.2, 0.25) is 5.95 Å². The highest BCUT2D eigenvalue weighted by Crippen LogP contribution is 2.22. The SMILES string of the molecule is COc1cccc(-c2cc(=N)n3c(n2)NCCC3)c1. The molecule has 19 heavy (non-hydrogen) atoms. The molecule has 0 bridgehead atoms. The first-order valence-electron chi connectivity index (χ1n) is 6.33. The molecule has 2 aromatic rings. The molecule has 0 unspecified atom stereocenters. The zero-order valence-electron chi connectivity index (χ0n) is 10.8. The molecule has 0 atom stereocenters. The average molecular weight is 256 g/mol. The highest BCUT2D eigenvalue weighted by atomic mass is 16.5. The van der Waals surface area contributed by atoms with Crippen LogP contribution in [-0.2, 0) is 6.54 Å². The molecule has 3 rings (SSSR count). The number of benzene rings is 1. The van der Waals surface area contributed by atoms with Crippen molar-refractivity contribution in [2.45, 2.75) is 13.0 Å².